The van der Waals surface area contributed by atoms with Crippen LogP contribution in [0.1, 0.15) is 26.5 Å². The van der Waals surface area contributed by atoms with Gasteiger partial charge in [0.1, 0.15) is 12.4 Å². The standard InChI is InChI=1S/C17H18O5S2/c1-19-15-9-11(17-23-7-8-24-17)3-5-13(15)21-10-12-4-6-14(22-12)16(18)20-2/h3-6,9,17H,7-8,10H2,1-2H3. The number of thioether (sulfide) groups is 2. The van der Waals surface area contributed by atoms with Gasteiger partial charge in [0, 0.05) is 11.5 Å². The molecule has 0 radical (unpaired) electrons. The van der Waals surface area contributed by atoms with Crippen molar-refractivity contribution in [3.05, 3.63) is 47.4 Å². The first kappa shape index (κ1) is 17.1. The normalized spacial score (nSPS) is 14.6. The highest BCUT2D eigenvalue weighted by atomic mass is 32.2. The Bertz CT molecular complexity index is 707. The lowest BCUT2D eigenvalue weighted by atomic mass is 10.2. The number of carbonyl (C=O) groups excluding carboxylic acids is 1. The van der Waals surface area contributed by atoms with E-state index in [2.05, 4.69) is 10.8 Å². The summed E-state index contributed by atoms with van der Waals surface area (Å²) in [6.45, 7) is 0.208. The van der Waals surface area contributed by atoms with Crippen LogP contribution in [-0.2, 0) is 11.3 Å². The fourth-order valence-corrected chi connectivity index (χ4v) is 5.15. The van der Waals surface area contributed by atoms with E-state index in [9.17, 15) is 4.79 Å². The minimum Gasteiger partial charge on any atom is -0.493 e. The lowest BCUT2D eigenvalue weighted by Crippen LogP contribution is -1.99. The van der Waals surface area contributed by atoms with Gasteiger partial charge in [-0.25, -0.2) is 4.79 Å². The summed E-state index contributed by atoms with van der Waals surface area (Å²) < 4.78 is 21.7. The van der Waals surface area contributed by atoms with E-state index in [4.69, 9.17) is 13.9 Å². The molecule has 2 aromatic rings. The van der Waals surface area contributed by atoms with Crippen LogP contribution in [-0.4, -0.2) is 31.7 Å². The molecule has 7 heteroatoms. The van der Waals surface area contributed by atoms with Crippen molar-refractivity contribution in [1.29, 1.82) is 0 Å². The van der Waals surface area contributed by atoms with Crippen molar-refractivity contribution in [2.45, 2.75) is 11.2 Å². The van der Waals surface area contributed by atoms with Gasteiger partial charge < -0.3 is 18.6 Å². The first-order valence-electron chi connectivity index (χ1n) is 7.42. The summed E-state index contributed by atoms with van der Waals surface area (Å²) in [5.74, 6) is 3.89. The molecule has 0 unspecified atom stereocenters. The minimum absolute atomic E-state index is 0.161. The molecule has 3 rings (SSSR count). The zero-order chi connectivity index (χ0) is 16.9. The third-order valence-corrected chi connectivity index (χ3v) is 6.60. The van der Waals surface area contributed by atoms with Crippen LogP contribution < -0.4 is 9.47 Å². The number of benzene rings is 1. The predicted molar refractivity (Wildman–Crippen MR) is 95.0 cm³/mol. The molecule has 1 aliphatic heterocycles. The Morgan fingerprint density at radius 2 is 1.96 bits per heavy atom. The molecule has 24 heavy (non-hydrogen) atoms. The Balaban J connectivity index is 1.68. The van der Waals surface area contributed by atoms with Gasteiger partial charge in [0.15, 0.2) is 11.5 Å². The number of carbonyl (C=O) groups is 1. The molecule has 128 valence electrons. The third kappa shape index (κ3) is 3.84. The second kappa shape index (κ2) is 7.90. The largest absolute Gasteiger partial charge is 0.493 e. The molecule has 0 amide bonds. The van der Waals surface area contributed by atoms with Crippen LogP contribution in [0.25, 0.3) is 0 Å². The van der Waals surface area contributed by atoms with Gasteiger partial charge >= 0.3 is 5.97 Å². The lowest BCUT2D eigenvalue weighted by Gasteiger charge is -2.14. The van der Waals surface area contributed by atoms with Gasteiger partial charge in [-0.15, -0.1) is 23.5 Å². The van der Waals surface area contributed by atoms with Crippen LogP contribution in [0, 0.1) is 0 Å². The van der Waals surface area contributed by atoms with Crippen LogP contribution in [0.3, 0.4) is 0 Å². The first-order chi connectivity index (χ1) is 11.7. The van der Waals surface area contributed by atoms with E-state index in [-0.39, 0.29) is 12.4 Å². The van der Waals surface area contributed by atoms with Gasteiger partial charge in [0.05, 0.1) is 18.8 Å². The highest BCUT2D eigenvalue weighted by Crippen LogP contribution is 2.46. The summed E-state index contributed by atoms with van der Waals surface area (Å²) in [5, 5.41) is 0. The summed E-state index contributed by atoms with van der Waals surface area (Å²) in [4.78, 5) is 11.4. The molecular formula is C17H18O5S2. The number of hydrogen-bond acceptors (Lipinski definition) is 7. The average Bonchev–Trinajstić information content (AvgIpc) is 3.30. The predicted octanol–water partition coefficient (Wildman–Crippen LogP) is 4.13. The highest BCUT2D eigenvalue weighted by molar-refractivity contribution is 8.19. The molecule has 0 bridgehead atoms. The van der Waals surface area contributed by atoms with E-state index < -0.39 is 5.97 Å². The van der Waals surface area contributed by atoms with Gasteiger partial charge in [-0.05, 0) is 29.8 Å². The summed E-state index contributed by atoms with van der Waals surface area (Å²) >= 11 is 3.89. The molecule has 1 aromatic heterocycles. The molecule has 0 aliphatic carbocycles. The molecular weight excluding hydrogens is 348 g/mol. The maximum atomic E-state index is 11.4. The molecule has 1 aliphatic rings. The topological polar surface area (TPSA) is 57.9 Å². The van der Waals surface area contributed by atoms with Crippen LogP contribution in [0.2, 0.25) is 0 Å². The Labute approximate surface area is 149 Å². The molecule has 0 saturated carbocycles. The quantitative estimate of drug-likeness (QED) is 0.712. The molecule has 1 saturated heterocycles. The van der Waals surface area contributed by atoms with Crippen molar-refractivity contribution in [1.82, 2.24) is 0 Å². The average molecular weight is 366 g/mol. The van der Waals surface area contributed by atoms with Gasteiger partial charge in [-0.2, -0.15) is 0 Å². The van der Waals surface area contributed by atoms with Crippen molar-refractivity contribution in [3.63, 3.8) is 0 Å². The fraction of sp³-hybridized carbons (Fsp3) is 0.353. The first-order valence-corrected chi connectivity index (χ1v) is 9.52. The summed E-state index contributed by atoms with van der Waals surface area (Å²) in [6.07, 6.45) is 0. The number of ether oxygens (including phenoxy) is 3. The van der Waals surface area contributed by atoms with Gasteiger partial charge in [0.25, 0.3) is 0 Å². The number of esters is 1. The molecule has 2 heterocycles. The second-order valence-corrected chi connectivity index (χ2v) is 7.75. The zero-order valence-electron chi connectivity index (χ0n) is 13.4. The van der Waals surface area contributed by atoms with Crippen molar-refractivity contribution in [2.24, 2.45) is 0 Å². The van der Waals surface area contributed by atoms with Crippen molar-refractivity contribution in [2.75, 3.05) is 25.7 Å². The number of methoxy groups -OCH3 is 2. The Kier molecular flexibility index (Phi) is 5.63. The van der Waals surface area contributed by atoms with E-state index in [1.54, 1.807) is 19.2 Å². The van der Waals surface area contributed by atoms with Crippen molar-refractivity contribution in [3.8, 4) is 11.5 Å². The van der Waals surface area contributed by atoms with Gasteiger partial charge in [0.2, 0.25) is 5.76 Å². The molecule has 1 aromatic carbocycles. The number of furan rings is 1. The van der Waals surface area contributed by atoms with Gasteiger partial charge in [-0.3, -0.25) is 0 Å². The Morgan fingerprint density at radius 1 is 1.17 bits per heavy atom. The van der Waals surface area contributed by atoms with Crippen LogP contribution in [0.15, 0.2) is 34.7 Å². The monoisotopic (exact) mass is 366 g/mol. The molecule has 0 spiro atoms. The second-order valence-electron chi connectivity index (χ2n) is 5.03. The van der Waals surface area contributed by atoms with Crippen LogP contribution >= 0.6 is 23.5 Å². The maximum Gasteiger partial charge on any atom is 0.373 e. The molecule has 5 nitrogen and oxygen atoms in total. The van der Waals surface area contributed by atoms with Crippen LogP contribution in [0.5, 0.6) is 11.5 Å². The highest BCUT2D eigenvalue weighted by Gasteiger charge is 2.20. The Hall–Kier alpha value is -1.73. The van der Waals surface area contributed by atoms with E-state index in [1.165, 1.54) is 24.2 Å². The maximum absolute atomic E-state index is 11.4. The fourth-order valence-electron chi connectivity index (χ4n) is 2.32. The lowest BCUT2D eigenvalue weighted by molar-refractivity contribution is 0.0561. The van der Waals surface area contributed by atoms with E-state index in [0.717, 1.165) is 0 Å². The molecule has 0 atom stereocenters. The summed E-state index contributed by atoms with van der Waals surface area (Å²) in [5.41, 5.74) is 1.23. The number of hydrogen-bond donors (Lipinski definition) is 0. The van der Waals surface area contributed by atoms with Gasteiger partial charge in [-0.1, -0.05) is 6.07 Å². The third-order valence-electron chi connectivity index (χ3n) is 3.50. The van der Waals surface area contributed by atoms with Crippen molar-refractivity contribution >= 4 is 29.5 Å². The van der Waals surface area contributed by atoms with Crippen molar-refractivity contribution < 1.29 is 23.4 Å². The Morgan fingerprint density at radius 3 is 2.67 bits per heavy atom. The van der Waals surface area contributed by atoms with E-state index >= 15 is 0 Å². The summed E-state index contributed by atoms with van der Waals surface area (Å²) in [6, 6.07) is 9.26. The number of rotatable bonds is 6. The SMILES string of the molecule is COC(=O)c1ccc(COc2ccc(C3SCCS3)cc2OC)o1. The summed E-state index contributed by atoms with van der Waals surface area (Å²) in [7, 11) is 2.94. The smallest absolute Gasteiger partial charge is 0.373 e. The molecule has 0 N–H and O–H groups in total. The van der Waals surface area contributed by atoms with E-state index in [0.29, 0.717) is 21.8 Å². The molecule has 1 fully saturated rings. The zero-order valence-corrected chi connectivity index (χ0v) is 15.1. The minimum atomic E-state index is -0.505. The van der Waals surface area contributed by atoms with E-state index in [1.807, 2.05) is 35.7 Å². The van der Waals surface area contributed by atoms with Crippen LogP contribution in [0.4, 0.5) is 0 Å².